The highest BCUT2D eigenvalue weighted by Crippen LogP contribution is 2.67. The number of nitrogens with zero attached hydrogens (tertiary/aromatic N) is 2. The zero-order valence-corrected chi connectivity index (χ0v) is 34.3. The van der Waals surface area contributed by atoms with Crippen LogP contribution in [0.2, 0.25) is 0 Å². The molecule has 1 unspecified atom stereocenters. The number of nitriles is 1. The van der Waals surface area contributed by atoms with Gasteiger partial charge < -0.3 is 9.47 Å². The van der Waals surface area contributed by atoms with Crippen molar-refractivity contribution in [3.63, 3.8) is 0 Å². The van der Waals surface area contributed by atoms with E-state index in [1.54, 1.807) is 24.6 Å². The van der Waals surface area contributed by atoms with E-state index in [9.17, 15) is 14.2 Å². The Bertz CT molecular complexity index is 1730. The van der Waals surface area contributed by atoms with E-state index in [0.717, 1.165) is 54.8 Å². The number of rotatable bonds is 17. The number of hydrogen-bond acceptors (Lipinski definition) is 9. The average Bonchev–Trinajstić information content (AvgIpc) is 3.75. The fourth-order valence-electron chi connectivity index (χ4n) is 11.2. The monoisotopic (exact) mass is 769 g/mol. The van der Waals surface area contributed by atoms with Crippen molar-refractivity contribution >= 4 is 7.82 Å². The van der Waals surface area contributed by atoms with Crippen LogP contribution in [0.1, 0.15) is 123 Å². The van der Waals surface area contributed by atoms with Gasteiger partial charge >= 0.3 is 13.5 Å². The summed E-state index contributed by atoms with van der Waals surface area (Å²) in [5, 5.41) is 9.00. The summed E-state index contributed by atoms with van der Waals surface area (Å²) in [6.07, 6.45) is 19.9. The molecule has 0 saturated heterocycles. The molecule has 1 aromatic rings. The van der Waals surface area contributed by atoms with Crippen LogP contribution in [0, 0.1) is 64.6 Å². The number of allylic oxidation sites excluding steroid dienone is 1. The highest BCUT2D eigenvalue weighted by atomic mass is 31.2. The third kappa shape index (κ3) is 8.95. The molecule has 0 spiro atoms. The summed E-state index contributed by atoms with van der Waals surface area (Å²) in [6, 6.07) is 1.98. The van der Waals surface area contributed by atoms with Crippen molar-refractivity contribution in [2.45, 2.75) is 137 Å². The molecule has 2 heterocycles. The van der Waals surface area contributed by atoms with Crippen molar-refractivity contribution in [3.05, 3.63) is 56.4 Å². The van der Waals surface area contributed by atoms with Crippen molar-refractivity contribution in [2.24, 2.45) is 46.3 Å². The van der Waals surface area contributed by atoms with Crippen molar-refractivity contribution in [1.29, 1.82) is 5.26 Å². The number of fused-ring (bicyclic) bond motifs is 5. The molecule has 0 amide bonds. The lowest BCUT2D eigenvalue weighted by molar-refractivity contribution is -0.0661. The molecule has 0 bridgehead atoms. The molecule has 11 nitrogen and oxygen atoms in total. The molecule has 4 aliphatic carbocycles. The lowest BCUT2D eigenvalue weighted by Crippen LogP contribution is -2.51. The first-order valence-electron chi connectivity index (χ1n) is 20.6. The van der Waals surface area contributed by atoms with E-state index in [2.05, 4.69) is 45.7 Å². The molecule has 11 atom stereocenters. The summed E-state index contributed by atoms with van der Waals surface area (Å²) in [5.41, 5.74) is 1.60. The Hall–Kier alpha value is -2.32. The van der Waals surface area contributed by atoms with Crippen LogP contribution in [0.3, 0.4) is 0 Å². The Morgan fingerprint density at radius 1 is 1.02 bits per heavy atom. The number of ether oxygens (including phenoxy) is 2. The van der Waals surface area contributed by atoms with Gasteiger partial charge in [-0.05, 0) is 111 Å². The highest BCUT2D eigenvalue weighted by molar-refractivity contribution is 7.48. The van der Waals surface area contributed by atoms with Gasteiger partial charge in [0.15, 0.2) is 6.23 Å². The molecule has 54 heavy (non-hydrogen) atoms. The Labute approximate surface area is 321 Å². The Morgan fingerprint density at radius 3 is 2.59 bits per heavy atom. The van der Waals surface area contributed by atoms with Gasteiger partial charge in [0.1, 0.15) is 6.10 Å². The number of phosphoric acid groups is 1. The number of nitrogens with one attached hydrogen (secondary N) is 1. The quantitative estimate of drug-likeness (QED) is 0.0935. The number of aryl methyl sites for hydroxylation is 1. The second kappa shape index (κ2) is 17.4. The van der Waals surface area contributed by atoms with Crippen LogP contribution < -0.4 is 11.2 Å². The zero-order chi connectivity index (χ0) is 38.7. The summed E-state index contributed by atoms with van der Waals surface area (Å²) in [6.45, 7) is 14.0. The smallest absolute Gasteiger partial charge is 0.375 e. The largest absolute Gasteiger partial charge is 0.474 e. The third-order valence-corrected chi connectivity index (χ3v) is 15.5. The SMILES string of the molecule is Cc1cn([C@H]2C=C[C@@H](COP(=O)(OCCC#N)OCCO[C@H]3CC[C@@]4(C)C(=CC[C@H]5[C@@H]6CC[C@H]([C@H](C)CCCC(C)C)[C@@]6(C)CC[C@@H]54)C3)O2)c(=O)[nH]c1=O. The lowest BCUT2D eigenvalue weighted by Gasteiger charge is -2.58. The fraction of sp³-hybridized carbons (Fsp3) is 0.786. The van der Waals surface area contributed by atoms with Crippen molar-refractivity contribution in [1.82, 2.24) is 9.55 Å². The van der Waals surface area contributed by atoms with Gasteiger partial charge in [-0.15, -0.1) is 0 Å². The van der Waals surface area contributed by atoms with E-state index < -0.39 is 31.4 Å². The van der Waals surface area contributed by atoms with Crippen LogP contribution in [0.4, 0.5) is 0 Å². The average molecular weight is 770 g/mol. The molecule has 6 rings (SSSR count). The molecule has 1 aromatic heterocycles. The predicted molar refractivity (Wildman–Crippen MR) is 208 cm³/mol. The Kier molecular flexibility index (Phi) is 13.3. The van der Waals surface area contributed by atoms with Gasteiger partial charge in [0.05, 0.1) is 45.0 Å². The third-order valence-electron chi connectivity index (χ3n) is 14.0. The predicted octanol–water partition coefficient (Wildman–Crippen LogP) is 8.80. The molecule has 3 saturated carbocycles. The molecule has 1 aliphatic heterocycles. The first-order chi connectivity index (χ1) is 25.8. The molecule has 12 heteroatoms. The number of aromatic nitrogens is 2. The van der Waals surface area contributed by atoms with Crippen LogP contribution in [0.15, 0.2) is 39.6 Å². The summed E-state index contributed by atoms with van der Waals surface area (Å²) in [5.74, 6) is 4.86. The van der Waals surface area contributed by atoms with Crippen LogP contribution in [0.5, 0.6) is 0 Å². The summed E-state index contributed by atoms with van der Waals surface area (Å²) in [7, 11) is -4.05. The van der Waals surface area contributed by atoms with Crippen LogP contribution in [-0.2, 0) is 27.6 Å². The molecule has 1 N–H and O–H groups in total. The van der Waals surface area contributed by atoms with Crippen LogP contribution in [0.25, 0.3) is 0 Å². The van der Waals surface area contributed by atoms with Crippen LogP contribution >= 0.6 is 7.82 Å². The maximum Gasteiger partial charge on any atom is 0.474 e. The van der Waals surface area contributed by atoms with E-state index in [4.69, 9.17) is 28.3 Å². The first-order valence-corrected chi connectivity index (χ1v) is 22.1. The van der Waals surface area contributed by atoms with Gasteiger partial charge in [0, 0.05) is 11.8 Å². The topological polar surface area (TPSA) is 142 Å². The zero-order valence-electron chi connectivity index (χ0n) is 33.4. The fourth-order valence-corrected chi connectivity index (χ4v) is 12.3. The summed E-state index contributed by atoms with van der Waals surface area (Å²) < 4.78 is 43.8. The van der Waals surface area contributed by atoms with Gasteiger partial charge in [0.2, 0.25) is 0 Å². The van der Waals surface area contributed by atoms with Gasteiger partial charge in [-0.2, -0.15) is 5.26 Å². The minimum absolute atomic E-state index is 0.00864. The molecular formula is C42H64N3O8P. The van der Waals surface area contributed by atoms with Gasteiger partial charge in [-0.1, -0.05) is 71.6 Å². The molecular weight excluding hydrogens is 705 g/mol. The molecule has 0 radical (unpaired) electrons. The highest BCUT2D eigenvalue weighted by Gasteiger charge is 2.59. The van der Waals surface area contributed by atoms with Crippen molar-refractivity contribution in [3.8, 4) is 6.07 Å². The van der Waals surface area contributed by atoms with Crippen molar-refractivity contribution in [2.75, 3.05) is 26.4 Å². The van der Waals surface area contributed by atoms with Gasteiger partial charge in [0.25, 0.3) is 5.56 Å². The number of phosphoric ester groups is 1. The molecule has 300 valence electrons. The second-order valence-corrected chi connectivity index (χ2v) is 19.4. The van der Waals surface area contributed by atoms with E-state index in [-0.39, 0.29) is 44.4 Å². The minimum Gasteiger partial charge on any atom is -0.375 e. The van der Waals surface area contributed by atoms with Crippen LogP contribution in [-0.4, -0.2) is 48.2 Å². The van der Waals surface area contributed by atoms with E-state index in [1.807, 2.05) is 6.07 Å². The number of aromatic amines is 1. The second-order valence-electron chi connectivity index (χ2n) is 17.8. The van der Waals surface area contributed by atoms with E-state index in [0.29, 0.717) is 11.0 Å². The van der Waals surface area contributed by atoms with Gasteiger partial charge in [-0.3, -0.25) is 27.9 Å². The lowest BCUT2D eigenvalue weighted by atomic mass is 9.47. The van der Waals surface area contributed by atoms with Gasteiger partial charge in [-0.25, -0.2) is 9.36 Å². The standard InChI is InChI=1S/C42H64N3O8P/c1-28(2)9-7-10-29(3)35-14-15-36-34-13-11-31-25-32(17-19-41(31,5)37(34)18-20-42(35,36)6)49-23-24-51-54(48,50-22-8-21-43)52-27-33-12-16-38(53-33)45-26-30(4)39(46)44-40(45)47/h11-12,16,26,28-29,32-38H,7-10,13-15,17-20,22-25,27H2,1-6H3,(H,44,46,47)/t29-,32+,33+,34+,35-,36+,37+,38-,41+,42-,54?/m1/s1. The van der Waals surface area contributed by atoms with Crippen molar-refractivity contribution < 1.29 is 27.6 Å². The minimum atomic E-state index is -4.05. The van der Waals surface area contributed by atoms with E-state index >= 15 is 0 Å². The number of H-pyrrole nitrogens is 1. The summed E-state index contributed by atoms with van der Waals surface area (Å²) in [4.78, 5) is 26.3. The van der Waals surface area contributed by atoms with E-state index in [1.165, 1.54) is 62.1 Å². The molecule has 5 aliphatic rings. The number of hydrogen-bond donors (Lipinski definition) is 1. The molecule has 0 aromatic carbocycles. The maximum atomic E-state index is 13.6. The maximum absolute atomic E-state index is 13.6. The Balaban J connectivity index is 0.985. The Morgan fingerprint density at radius 2 is 1.81 bits per heavy atom. The molecule has 3 fully saturated rings. The summed E-state index contributed by atoms with van der Waals surface area (Å²) >= 11 is 0. The normalized spacial score (nSPS) is 34.8. The first kappa shape index (κ1) is 41.3.